The molecule has 0 saturated heterocycles. The Morgan fingerprint density at radius 3 is 2.89 bits per heavy atom. The lowest BCUT2D eigenvalue weighted by Crippen LogP contribution is -2.19. The van der Waals surface area contributed by atoms with Gasteiger partial charge in [-0.1, -0.05) is 11.6 Å². The molecule has 0 atom stereocenters. The Balaban J connectivity index is 2.28. The molecule has 0 saturated carbocycles. The molecule has 19 heavy (non-hydrogen) atoms. The maximum atomic E-state index is 12.2. The minimum absolute atomic E-state index is 0.276. The van der Waals surface area contributed by atoms with Crippen LogP contribution in [0.2, 0.25) is 5.02 Å². The van der Waals surface area contributed by atoms with Gasteiger partial charge < -0.3 is 11.1 Å². The predicted octanol–water partition coefficient (Wildman–Crippen LogP) is 2.70. The molecule has 2 rings (SSSR count). The van der Waals surface area contributed by atoms with Crippen molar-refractivity contribution in [3.05, 3.63) is 40.7 Å². The Morgan fingerprint density at radius 2 is 2.26 bits per heavy atom. The number of aromatic nitrogens is 2. The second-order valence-electron chi connectivity index (χ2n) is 4.18. The third-order valence-electron chi connectivity index (χ3n) is 2.82. The van der Waals surface area contributed by atoms with Gasteiger partial charge in [0.15, 0.2) is 0 Å². The van der Waals surface area contributed by atoms with Gasteiger partial charge in [0.05, 0.1) is 11.9 Å². The number of anilines is 2. The van der Waals surface area contributed by atoms with E-state index in [1.54, 1.807) is 22.9 Å². The summed E-state index contributed by atoms with van der Waals surface area (Å²) in [4.78, 5) is 12.2. The number of nitrogens with one attached hydrogen (secondary N) is 1. The summed E-state index contributed by atoms with van der Waals surface area (Å²) in [6.07, 6.45) is 1.48. The van der Waals surface area contributed by atoms with Crippen molar-refractivity contribution in [1.29, 1.82) is 0 Å². The van der Waals surface area contributed by atoms with Crippen LogP contribution >= 0.6 is 11.6 Å². The average Bonchev–Trinajstić information content (AvgIpc) is 2.74. The fourth-order valence-corrected chi connectivity index (χ4v) is 2.06. The molecule has 100 valence electrons. The monoisotopic (exact) mass is 278 g/mol. The average molecular weight is 279 g/mol. The molecule has 0 aliphatic carbocycles. The van der Waals surface area contributed by atoms with E-state index in [-0.39, 0.29) is 5.91 Å². The highest BCUT2D eigenvalue weighted by Crippen LogP contribution is 2.21. The van der Waals surface area contributed by atoms with Crippen LogP contribution in [0.4, 0.5) is 11.4 Å². The molecule has 1 amide bonds. The fraction of sp³-hybridized carbons (Fsp3) is 0.231. The van der Waals surface area contributed by atoms with Crippen LogP contribution in [0.25, 0.3) is 0 Å². The topological polar surface area (TPSA) is 72.9 Å². The van der Waals surface area contributed by atoms with Crippen molar-refractivity contribution < 1.29 is 4.79 Å². The van der Waals surface area contributed by atoms with E-state index in [0.717, 1.165) is 5.56 Å². The molecule has 1 heterocycles. The smallest absolute Gasteiger partial charge is 0.276 e. The molecule has 0 aliphatic heterocycles. The van der Waals surface area contributed by atoms with Gasteiger partial charge in [-0.2, -0.15) is 5.10 Å². The molecular formula is C13H15ClN4O. The van der Waals surface area contributed by atoms with E-state index in [1.165, 1.54) is 6.20 Å². The summed E-state index contributed by atoms with van der Waals surface area (Å²) >= 11 is 5.88. The minimum atomic E-state index is -0.276. The molecular weight excluding hydrogens is 264 g/mol. The van der Waals surface area contributed by atoms with Crippen LogP contribution in [0.1, 0.15) is 23.0 Å². The highest BCUT2D eigenvalue weighted by Gasteiger charge is 2.16. The summed E-state index contributed by atoms with van der Waals surface area (Å²) < 4.78 is 1.57. The van der Waals surface area contributed by atoms with Crippen molar-refractivity contribution in [2.24, 2.45) is 0 Å². The number of hydrogen-bond donors (Lipinski definition) is 2. The number of benzene rings is 1. The maximum absolute atomic E-state index is 12.2. The Bertz CT molecular complexity index is 621. The van der Waals surface area contributed by atoms with E-state index in [1.807, 2.05) is 13.8 Å². The second-order valence-corrected chi connectivity index (χ2v) is 4.61. The molecule has 6 heteroatoms. The number of carbonyl (C=O) groups excluding carboxylic acids is 1. The number of halogens is 1. The summed E-state index contributed by atoms with van der Waals surface area (Å²) in [5.41, 5.74) is 8.10. The van der Waals surface area contributed by atoms with Crippen molar-refractivity contribution in [3.63, 3.8) is 0 Å². The molecule has 3 N–H and O–H groups in total. The molecule has 1 aromatic carbocycles. The summed E-state index contributed by atoms with van der Waals surface area (Å²) in [6, 6.07) is 5.28. The number of nitrogens with two attached hydrogens (primary N) is 1. The maximum Gasteiger partial charge on any atom is 0.276 e. The van der Waals surface area contributed by atoms with E-state index in [4.69, 9.17) is 17.3 Å². The lowest BCUT2D eigenvalue weighted by molar-refractivity contribution is 0.101. The Hall–Kier alpha value is -2.01. The number of hydrogen-bond acceptors (Lipinski definition) is 3. The number of carbonyl (C=O) groups is 1. The van der Waals surface area contributed by atoms with Gasteiger partial charge >= 0.3 is 0 Å². The lowest BCUT2D eigenvalue weighted by Gasteiger charge is -2.10. The van der Waals surface area contributed by atoms with Crippen molar-refractivity contribution in [2.75, 3.05) is 11.1 Å². The lowest BCUT2D eigenvalue weighted by atomic mass is 10.2. The molecule has 0 bridgehead atoms. The van der Waals surface area contributed by atoms with Crippen molar-refractivity contribution >= 4 is 28.9 Å². The standard InChI is InChI=1S/C13H15ClN4O/c1-3-18-12(10(15)7-16-18)13(19)17-11-5-4-9(14)6-8(11)2/h4-7H,3,15H2,1-2H3,(H,17,19). The van der Waals surface area contributed by atoms with Crippen LogP contribution in [0, 0.1) is 6.92 Å². The van der Waals surface area contributed by atoms with E-state index in [2.05, 4.69) is 10.4 Å². The van der Waals surface area contributed by atoms with Crippen LogP contribution in [0.3, 0.4) is 0 Å². The third-order valence-corrected chi connectivity index (χ3v) is 3.05. The van der Waals surface area contributed by atoms with E-state index < -0.39 is 0 Å². The normalized spacial score (nSPS) is 10.5. The highest BCUT2D eigenvalue weighted by molar-refractivity contribution is 6.30. The fourth-order valence-electron chi connectivity index (χ4n) is 1.84. The van der Waals surface area contributed by atoms with E-state index >= 15 is 0 Å². The summed E-state index contributed by atoms with van der Waals surface area (Å²) in [6.45, 7) is 4.36. The van der Waals surface area contributed by atoms with Gasteiger partial charge in [0.2, 0.25) is 0 Å². The van der Waals surface area contributed by atoms with Gasteiger partial charge in [-0.3, -0.25) is 9.48 Å². The Labute approximate surface area is 116 Å². The molecule has 0 spiro atoms. The van der Waals surface area contributed by atoms with E-state index in [9.17, 15) is 4.79 Å². The largest absolute Gasteiger partial charge is 0.396 e. The summed E-state index contributed by atoms with van der Waals surface area (Å²) in [5.74, 6) is -0.276. The van der Waals surface area contributed by atoms with Gasteiger partial charge in [-0.25, -0.2) is 0 Å². The third kappa shape index (κ3) is 2.71. The first-order valence-electron chi connectivity index (χ1n) is 5.91. The van der Waals surface area contributed by atoms with Crippen LogP contribution in [0.5, 0.6) is 0 Å². The van der Waals surface area contributed by atoms with Crippen LogP contribution in [-0.4, -0.2) is 15.7 Å². The molecule has 0 fully saturated rings. The quantitative estimate of drug-likeness (QED) is 0.907. The van der Waals surface area contributed by atoms with Gasteiger partial charge in [-0.15, -0.1) is 0 Å². The first-order chi connectivity index (χ1) is 9.02. The first kappa shape index (κ1) is 13.4. The van der Waals surface area contributed by atoms with Gasteiger partial charge in [0, 0.05) is 17.3 Å². The number of rotatable bonds is 3. The van der Waals surface area contributed by atoms with Crippen LogP contribution < -0.4 is 11.1 Å². The number of nitrogens with zero attached hydrogens (tertiary/aromatic N) is 2. The zero-order valence-electron chi connectivity index (χ0n) is 10.8. The summed E-state index contributed by atoms with van der Waals surface area (Å²) in [5, 5.41) is 7.49. The van der Waals surface area contributed by atoms with Crippen LogP contribution in [-0.2, 0) is 6.54 Å². The zero-order valence-corrected chi connectivity index (χ0v) is 11.5. The van der Waals surface area contributed by atoms with Crippen molar-refractivity contribution in [3.8, 4) is 0 Å². The molecule has 5 nitrogen and oxygen atoms in total. The summed E-state index contributed by atoms with van der Waals surface area (Å²) in [7, 11) is 0. The Morgan fingerprint density at radius 1 is 1.53 bits per heavy atom. The van der Waals surface area contributed by atoms with Crippen molar-refractivity contribution in [1.82, 2.24) is 9.78 Å². The zero-order chi connectivity index (χ0) is 14.0. The Kier molecular flexibility index (Phi) is 3.76. The molecule has 1 aromatic heterocycles. The highest BCUT2D eigenvalue weighted by atomic mass is 35.5. The van der Waals surface area contributed by atoms with Crippen LogP contribution in [0.15, 0.2) is 24.4 Å². The second kappa shape index (κ2) is 5.32. The molecule has 0 unspecified atom stereocenters. The minimum Gasteiger partial charge on any atom is -0.396 e. The van der Waals surface area contributed by atoms with E-state index in [0.29, 0.717) is 28.6 Å². The SMILES string of the molecule is CCn1ncc(N)c1C(=O)Nc1ccc(Cl)cc1C. The van der Waals surface area contributed by atoms with Gasteiger partial charge in [-0.05, 0) is 37.6 Å². The van der Waals surface area contributed by atoms with Gasteiger partial charge in [0.25, 0.3) is 5.91 Å². The molecule has 2 aromatic rings. The predicted molar refractivity (Wildman–Crippen MR) is 76.5 cm³/mol. The first-order valence-corrected chi connectivity index (χ1v) is 6.29. The van der Waals surface area contributed by atoms with Crippen molar-refractivity contribution in [2.45, 2.75) is 20.4 Å². The van der Waals surface area contributed by atoms with Gasteiger partial charge in [0.1, 0.15) is 5.69 Å². The number of aryl methyl sites for hydroxylation is 2. The number of nitrogen functional groups attached to an aromatic ring is 1. The molecule has 0 radical (unpaired) electrons. The number of amides is 1. The molecule has 0 aliphatic rings.